The number of halogens is 2. The number of carbonyl (C=O) groups is 1. The molecule has 7 heteroatoms. The van der Waals surface area contributed by atoms with Crippen LogP contribution in [-0.4, -0.2) is 49.0 Å². The van der Waals surface area contributed by atoms with E-state index in [4.69, 9.17) is 37.4 Å². The van der Waals surface area contributed by atoms with E-state index in [-0.39, 0.29) is 12.7 Å². The lowest BCUT2D eigenvalue weighted by atomic mass is 10.1. The van der Waals surface area contributed by atoms with E-state index in [1.54, 1.807) is 30.2 Å². The Bertz CT molecular complexity index is 603. The van der Waals surface area contributed by atoms with Crippen molar-refractivity contribution >= 4 is 29.3 Å². The van der Waals surface area contributed by atoms with Crippen molar-refractivity contribution in [2.24, 2.45) is 0 Å². The summed E-state index contributed by atoms with van der Waals surface area (Å²) < 4.78 is 16.9. The van der Waals surface area contributed by atoms with Gasteiger partial charge in [-0.1, -0.05) is 23.2 Å². The van der Waals surface area contributed by atoms with Gasteiger partial charge in [0.1, 0.15) is 23.6 Å². The molecule has 5 nitrogen and oxygen atoms in total. The number of carbonyl (C=O) groups excluding carboxylic acids is 1. The lowest BCUT2D eigenvalue weighted by molar-refractivity contribution is -0.0380. The standard InChI is InChI=1S/C17H23Cl2NO4/c1-16(2,3)24-15(21)20-8-7-17(10-20,22-4)11-23-14-9-12(18)5-6-13(14)19/h5-6,9H,7-8,10-11H2,1-4H3. The zero-order valence-electron chi connectivity index (χ0n) is 14.4. The Morgan fingerprint density at radius 3 is 2.67 bits per heavy atom. The van der Waals surface area contributed by atoms with Gasteiger partial charge < -0.3 is 19.1 Å². The molecule has 1 aromatic rings. The number of methoxy groups -OCH3 is 1. The third-order valence-electron chi connectivity index (χ3n) is 3.79. The van der Waals surface area contributed by atoms with Crippen LogP contribution in [-0.2, 0) is 9.47 Å². The van der Waals surface area contributed by atoms with Gasteiger partial charge >= 0.3 is 6.09 Å². The highest BCUT2D eigenvalue weighted by atomic mass is 35.5. The minimum Gasteiger partial charge on any atom is -0.489 e. The molecule has 1 aliphatic heterocycles. The number of hydrogen-bond donors (Lipinski definition) is 0. The van der Waals surface area contributed by atoms with E-state index in [2.05, 4.69) is 0 Å². The lowest BCUT2D eigenvalue weighted by Crippen LogP contribution is -2.43. The molecule has 0 N–H and O–H groups in total. The SMILES string of the molecule is COC1(COc2cc(Cl)ccc2Cl)CCN(C(=O)OC(C)(C)C)C1. The molecule has 0 saturated carbocycles. The normalized spacial score (nSPS) is 21.0. The number of nitrogens with zero attached hydrogens (tertiary/aromatic N) is 1. The van der Waals surface area contributed by atoms with Crippen LogP contribution in [0.3, 0.4) is 0 Å². The van der Waals surface area contributed by atoms with Crippen LogP contribution in [0.1, 0.15) is 27.2 Å². The van der Waals surface area contributed by atoms with Crippen LogP contribution >= 0.6 is 23.2 Å². The molecule has 2 rings (SSSR count). The van der Waals surface area contributed by atoms with Gasteiger partial charge in [-0.15, -0.1) is 0 Å². The molecule has 1 saturated heterocycles. The maximum absolute atomic E-state index is 12.2. The highest BCUT2D eigenvalue weighted by molar-refractivity contribution is 6.34. The number of likely N-dealkylation sites (tertiary alicyclic amines) is 1. The first-order chi connectivity index (χ1) is 11.1. The second kappa shape index (κ2) is 7.38. The fraction of sp³-hybridized carbons (Fsp3) is 0.588. The third-order valence-corrected chi connectivity index (χ3v) is 4.33. The highest BCUT2D eigenvalue weighted by Gasteiger charge is 2.42. The van der Waals surface area contributed by atoms with Crippen LogP contribution < -0.4 is 4.74 Å². The van der Waals surface area contributed by atoms with Crippen molar-refractivity contribution in [1.29, 1.82) is 0 Å². The molecule has 1 atom stereocenters. The molecule has 24 heavy (non-hydrogen) atoms. The fourth-order valence-electron chi connectivity index (χ4n) is 2.47. The zero-order valence-corrected chi connectivity index (χ0v) is 15.9. The minimum absolute atomic E-state index is 0.267. The predicted molar refractivity (Wildman–Crippen MR) is 94.1 cm³/mol. The van der Waals surface area contributed by atoms with E-state index in [0.29, 0.717) is 35.3 Å². The van der Waals surface area contributed by atoms with E-state index in [9.17, 15) is 4.79 Å². The molecule has 0 aromatic heterocycles. The van der Waals surface area contributed by atoms with E-state index in [1.807, 2.05) is 20.8 Å². The molecule has 1 aliphatic rings. The number of benzene rings is 1. The average molecular weight is 376 g/mol. The van der Waals surface area contributed by atoms with Crippen molar-refractivity contribution in [1.82, 2.24) is 4.90 Å². The monoisotopic (exact) mass is 375 g/mol. The second-order valence-electron chi connectivity index (χ2n) is 6.90. The smallest absolute Gasteiger partial charge is 0.410 e. The molecule has 1 unspecified atom stereocenters. The maximum atomic E-state index is 12.2. The van der Waals surface area contributed by atoms with Gasteiger partial charge in [-0.25, -0.2) is 4.79 Å². The minimum atomic E-state index is -0.595. The molecule has 134 valence electrons. The molecule has 1 heterocycles. The van der Waals surface area contributed by atoms with Crippen LogP contribution in [0.4, 0.5) is 4.79 Å². The summed E-state index contributed by atoms with van der Waals surface area (Å²) in [5.74, 6) is 0.497. The Balaban J connectivity index is 2.00. The van der Waals surface area contributed by atoms with Gasteiger partial charge in [0.25, 0.3) is 0 Å². The molecule has 0 bridgehead atoms. The van der Waals surface area contributed by atoms with Gasteiger partial charge in [-0.3, -0.25) is 0 Å². The average Bonchev–Trinajstić information content (AvgIpc) is 2.92. The fourth-order valence-corrected chi connectivity index (χ4v) is 2.80. The van der Waals surface area contributed by atoms with Gasteiger partial charge in [0.05, 0.1) is 11.6 Å². The van der Waals surface area contributed by atoms with Gasteiger partial charge in [-0.2, -0.15) is 0 Å². The first-order valence-electron chi connectivity index (χ1n) is 7.75. The Hall–Kier alpha value is -1.17. The first kappa shape index (κ1) is 19.2. The van der Waals surface area contributed by atoms with Gasteiger partial charge in [0.15, 0.2) is 0 Å². The van der Waals surface area contributed by atoms with Crippen molar-refractivity contribution in [3.8, 4) is 5.75 Å². The number of ether oxygens (including phenoxy) is 3. The molecule has 0 aliphatic carbocycles. The summed E-state index contributed by atoms with van der Waals surface area (Å²) in [6.07, 6.45) is 0.309. The molecule has 0 radical (unpaired) electrons. The van der Waals surface area contributed by atoms with Crippen LogP contribution in [0.25, 0.3) is 0 Å². The zero-order chi connectivity index (χ0) is 18.0. The largest absolute Gasteiger partial charge is 0.489 e. The lowest BCUT2D eigenvalue weighted by Gasteiger charge is -2.29. The Morgan fingerprint density at radius 2 is 2.04 bits per heavy atom. The predicted octanol–water partition coefficient (Wildman–Crippen LogP) is 4.40. The number of rotatable bonds is 4. The Kier molecular flexibility index (Phi) is 5.89. The van der Waals surface area contributed by atoms with Crippen molar-refractivity contribution in [2.75, 3.05) is 26.8 Å². The maximum Gasteiger partial charge on any atom is 0.410 e. The summed E-state index contributed by atoms with van der Waals surface area (Å²) in [7, 11) is 1.61. The third kappa shape index (κ3) is 4.91. The summed E-state index contributed by atoms with van der Waals surface area (Å²) in [5, 5.41) is 1.02. The van der Waals surface area contributed by atoms with Crippen molar-refractivity contribution in [2.45, 2.75) is 38.4 Å². The molecule has 1 amide bonds. The van der Waals surface area contributed by atoms with Crippen LogP contribution in [0, 0.1) is 0 Å². The number of hydrogen-bond acceptors (Lipinski definition) is 4. The molecular formula is C17H23Cl2NO4. The van der Waals surface area contributed by atoms with Crippen LogP contribution in [0.15, 0.2) is 18.2 Å². The van der Waals surface area contributed by atoms with E-state index >= 15 is 0 Å². The molecule has 0 spiro atoms. The van der Waals surface area contributed by atoms with Crippen LogP contribution in [0.2, 0.25) is 10.0 Å². The van der Waals surface area contributed by atoms with E-state index in [0.717, 1.165) is 0 Å². The summed E-state index contributed by atoms with van der Waals surface area (Å²) in [5.41, 5.74) is -1.12. The quantitative estimate of drug-likeness (QED) is 0.782. The first-order valence-corrected chi connectivity index (χ1v) is 8.51. The van der Waals surface area contributed by atoms with E-state index < -0.39 is 11.2 Å². The summed E-state index contributed by atoms with van der Waals surface area (Å²) in [6, 6.07) is 5.04. The summed E-state index contributed by atoms with van der Waals surface area (Å²) in [4.78, 5) is 13.8. The van der Waals surface area contributed by atoms with E-state index in [1.165, 1.54) is 0 Å². The Morgan fingerprint density at radius 1 is 1.33 bits per heavy atom. The number of amides is 1. The van der Waals surface area contributed by atoms with Gasteiger partial charge in [0.2, 0.25) is 0 Å². The van der Waals surface area contributed by atoms with Crippen molar-refractivity contribution in [3.63, 3.8) is 0 Å². The summed E-state index contributed by atoms with van der Waals surface area (Å²) >= 11 is 12.1. The Labute approximate surface area is 152 Å². The molecular weight excluding hydrogens is 353 g/mol. The topological polar surface area (TPSA) is 48.0 Å². The van der Waals surface area contributed by atoms with Crippen molar-refractivity contribution < 1.29 is 19.0 Å². The second-order valence-corrected chi connectivity index (χ2v) is 7.75. The molecule has 1 fully saturated rings. The molecule has 1 aromatic carbocycles. The summed E-state index contributed by atoms with van der Waals surface area (Å²) in [6.45, 7) is 6.74. The van der Waals surface area contributed by atoms with Crippen molar-refractivity contribution in [3.05, 3.63) is 28.2 Å². The van der Waals surface area contributed by atoms with Gasteiger partial charge in [0, 0.05) is 24.7 Å². The van der Waals surface area contributed by atoms with Crippen LogP contribution in [0.5, 0.6) is 5.75 Å². The highest BCUT2D eigenvalue weighted by Crippen LogP contribution is 2.31. The van der Waals surface area contributed by atoms with Gasteiger partial charge in [-0.05, 0) is 39.3 Å².